The fraction of sp³-hybridized carbons (Fsp3) is 0.0833. The molecule has 0 aliphatic rings. The first-order valence-corrected chi connectivity index (χ1v) is 6.35. The third kappa shape index (κ3) is 2.18. The third-order valence-corrected chi connectivity index (χ3v) is 3.83. The Hall–Kier alpha value is -1.13. The van der Waals surface area contributed by atoms with Crippen LogP contribution in [0.1, 0.15) is 20.8 Å². The number of hydrogen-bond donors (Lipinski definition) is 1. The van der Waals surface area contributed by atoms with E-state index in [1.807, 2.05) is 13.0 Å². The zero-order valence-corrected chi connectivity index (χ0v) is 11.1. The van der Waals surface area contributed by atoms with Crippen LogP contribution in [0.25, 0.3) is 0 Å². The summed E-state index contributed by atoms with van der Waals surface area (Å²) in [5, 5.41) is 0. The molecule has 0 amide bonds. The Bertz CT molecular complexity index is 548. The molecule has 0 fully saturated rings. The van der Waals surface area contributed by atoms with Crippen molar-refractivity contribution in [2.75, 3.05) is 5.73 Å². The highest BCUT2D eigenvalue weighted by molar-refractivity contribution is 9.11. The van der Waals surface area contributed by atoms with Gasteiger partial charge >= 0.3 is 0 Å². The first kappa shape index (κ1) is 11.4. The number of nitrogens with two attached hydrogens (primary N) is 1. The van der Waals surface area contributed by atoms with Crippen molar-refractivity contribution in [1.82, 2.24) is 0 Å². The Balaban J connectivity index is 2.43. The minimum absolute atomic E-state index is 0.0201. The number of anilines is 1. The van der Waals surface area contributed by atoms with E-state index in [1.165, 1.54) is 0 Å². The Morgan fingerprint density at radius 2 is 2.12 bits per heavy atom. The Kier molecular flexibility index (Phi) is 3.12. The minimum Gasteiger partial charge on any atom is -0.399 e. The molecule has 2 rings (SSSR count). The van der Waals surface area contributed by atoms with Crippen LogP contribution in [0.4, 0.5) is 5.69 Å². The average Bonchev–Trinajstić information content (AvgIpc) is 2.57. The maximum absolute atomic E-state index is 12.2. The van der Waals surface area contributed by atoms with Crippen LogP contribution in [-0.4, -0.2) is 5.78 Å². The van der Waals surface area contributed by atoms with Crippen molar-refractivity contribution in [3.05, 3.63) is 50.1 Å². The summed E-state index contributed by atoms with van der Waals surface area (Å²) in [6, 6.07) is 8.90. The maximum Gasteiger partial charge on any atom is 0.194 e. The molecule has 0 bridgehead atoms. The summed E-state index contributed by atoms with van der Waals surface area (Å²) in [6.45, 7) is 1.94. The number of carbonyl (C=O) groups is 1. The lowest BCUT2D eigenvalue weighted by atomic mass is 10.0. The Morgan fingerprint density at radius 3 is 2.69 bits per heavy atom. The monoisotopic (exact) mass is 295 g/mol. The van der Waals surface area contributed by atoms with Crippen LogP contribution in [0, 0.1) is 6.92 Å². The summed E-state index contributed by atoms with van der Waals surface area (Å²) < 4.78 is 0.970. The van der Waals surface area contributed by atoms with Crippen molar-refractivity contribution in [3.63, 3.8) is 0 Å². The van der Waals surface area contributed by atoms with Crippen molar-refractivity contribution in [1.29, 1.82) is 0 Å². The quantitative estimate of drug-likeness (QED) is 0.679. The van der Waals surface area contributed by atoms with Crippen molar-refractivity contribution < 1.29 is 4.79 Å². The second-order valence-electron chi connectivity index (χ2n) is 3.47. The second-order valence-corrected chi connectivity index (χ2v) is 6.11. The summed E-state index contributed by atoms with van der Waals surface area (Å²) in [7, 11) is 0. The van der Waals surface area contributed by atoms with E-state index >= 15 is 0 Å². The molecule has 0 aliphatic heterocycles. The molecular weight excluding hydrogens is 286 g/mol. The van der Waals surface area contributed by atoms with Gasteiger partial charge in [0.25, 0.3) is 0 Å². The largest absolute Gasteiger partial charge is 0.399 e. The standard InChI is InChI=1S/C12H10BrNOS/c1-7-10(6-11(13)16-7)12(15)8-3-2-4-9(14)5-8/h2-6H,14H2,1H3. The van der Waals surface area contributed by atoms with Crippen LogP contribution in [0.3, 0.4) is 0 Å². The lowest BCUT2D eigenvalue weighted by molar-refractivity contribution is 0.103. The highest BCUT2D eigenvalue weighted by Gasteiger charge is 2.14. The molecule has 2 nitrogen and oxygen atoms in total. The van der Waals surface area contributed by atoms with E-state index in [1.54, 1.807) is 35.6 Å². The summed E-state index contributed by atoms with van der Waals surface area (Å²) in [4.78, 5) is 13.2. The molecule has 4 heteroatoms. The van der Waals surface area contributed by atoms with Crippen LogP contribution < -0.4 is 5.73 Å². The van der Waals surface area contributed by atoms with Gasteiger partial charge in [-0.1, -0.05) is 12.1 Å². The van der Waals surface area contributed by atoms with Gasteiger partial charge in [0.15, 0.2) is 5.78 Å². The first-order chi connectivity index (χ1) is 7.58. The van der Waals surface area contributed by atoms with Crippen LogP contribution >= 0.6 is 27.3 Å². The number of ketones is 1. The van der Waals surface area contributed by atoms with E-state index < -0.39 is 0 Å². The lowest BCUT2D eigenvalue weighted by Crippen LogP contribution is -2.01. The Morgan fingerprint density at radius 1 is 1.38 bits per heavy atom. The van der Waals surface area contributed by atoms with Crippen LogP contribution in [-0.2, 0) is 0 Å². The normalized spacial score (nSPS) is 10.4. The number of hydrogen-bond acceptors (Lipinski definition) is 3. The number of carbonyl (C=O) groups excluding carboxylic acids is 1. The SMILES string of the molecule is Cc1sc(Br)cc1C(=O)c1cccc(N)c1. The fourth-order valence-electron chi connectivity index (χ4n) is 1.51. The van der Waals surface area contributed by atoms with Gasteiger partial charge in [-0.25, -0.2) is 0 Å². The molecule has 0 atom stereocenters. The molecule has 0 aliphatic carbocycles. The van der Waals surface area contributed by atoms with Gasteiger partial charge in [-0.05, 0) is 41.1 Å². The highest BCUT2D eigenvalue weighted by atomic mass is 79.9. The van der Waals surface area contributed by atoms with Gasteiger partial charge in [0, 0.05) is 21.7 Å². The minimum atomic E-state index is 0.0201. The molecule has 0 radical (unpaired) electrons. The van der Waals surface area contributed by atoms with Gasteiger partial charge in [-0.15, -0.1) is 11.3 Å². The van der Waals surface area contributed by atoms with Crippen molar-refractivity contribution in [2.45, 2.75) is 6.92 Å². The van der Waals surface area contributed by atoms with Crippen molar-refractivity contribution >= 4 is 38.7 Å². The summed E-state index contributed by atoms with van der Waals surface area (Å²) in [6.07, 6.45) is 0. The van der Waals surface area contributed by atoms with Crippen LogP contribution in [0.2, 0.25) is 0 Å². The number of halogens is 1. The van der Waals surface area contributed by atoms with Crippen LogP contribution in [0.15, 0.2) is 34.1 Å². The van der Waals surface area contributed by atoms with Gasteiger partial charge in [-0.2, -0.15) is 0 Å². The molecule has 0 unspecified atom stereocenters. The Labute approximate surface area is 106 Å². The summed E-state index contributed by atoms with van der Waals surface area (Å²) >= 11 is 4.94. The molecule has 1 aromatic carbocycles. The topological polar surface area (TPSA) is 43.1 Å². The summed E-state index contributed by atoms with van der Waals surface area (Å²) in [5.41, 5.74) is 7.64. The predicted octanol–water partition coefficient (Wildman–Crippen LogP) is 3.63. The number of aryl methyl sites for hydroxylation is 1. The highest BCUT2D eigenvalue weighted by Crippen LogP contribution is 2.28. The fourth-order valence-corrected chi connectivity index (χ4v) is 3.19. The van der Waals surface area contributed by atoms with Crippen LogP contribution in [0.5, 0.6) is 0 Å². The zero-order valence-electron chi connectivity index (χ0n) is 8.66. The zero-order chi connectivity index (χ0) is 11.7. The molecule has 0 spiro atoms. The van der Waals surface area contributed by atoms with Gasteiger partial charge < -0.3 is 5.73 Å². The number of benzene rings is 1. The molecule has 2 N–H and O–H groups in total. The lowest BCUT2D eigenvalue weighted by Gasteiger charge is -2.01. The predicted molar refractivity (Wildman–Crippen MR) is 71.0 cm³/mol. The summed E-state index contributed by atoms with van der Waals surface area (Å²) in [5.74, 6) is 0.0201. The second kappa shape index (κ2) is 4.39. The molecule has 1 heterocycles. The third-order valence-electron chi connectivity index (χ3n) is 2.28. The van der Waals surface area contributed by atoms with E-state index in [2.05, 4.69) is 15.9 Å². The maximum atomic E-state index is 12.2. The van der Waals surface area contributed by atoms with Gasteiger partial charge in [0.1, 0.15) is 0 Å². The van der Waals surface area contributed by atoms with E-state index in [4.69, 9.17) is 5.73 Å². The number of rotatable bonds is 2. The molecule has 16 heavy (non-hydrogen) atoms. The van der Waals surface area contributed by atoms with Crippen molar-refractivity contribution in [2.24, 2.45) is 0 Å². The smallest absolute Gasteiger partial charge is 0.194 e. The van der Waals surface area contributed by atoms with E-state index in [-0.39, 0.29) is 5.78 Å². The van der Waals surface area contributed by atoms with E-state index in [9.17, 15) is 4.79 Å². The molecular formula is C12H10BrNOS. The van der Waals surface area contributed by atoms with E-state index in [0.29, 0.717) is 11.3 Å². The molecule has 82 valence electrons. The number of thiophene rings is 1. The first-order valence-electron chi connectivity index (χ1n) is 4.74. The molecule has 0 saturated carbocycles. The molecule has 1 aromatic heterocycles. The van der Waals surface area contributed by atoms with Gasteiger partial charge in [0.2, 0.25) is 0 Å². The van der Waals surface area contributed by atoms with Crippen molar-refractivity contribution in [3.8, 4) is 0 Å². The van der Waals surface area contributed by atoms with Gasteiger partial charge in [0.05, 0.1) is 3.79 Å². The number of nitrogen functional groups attached to an aromatic ring is 1. The molecule has 0 saturated heterocycles. The van der Waals surface area contributed by atoms with E-state index in [0.717, 1.165) is 14.2 Å². The molecule has 2 aromatic rings. The average molecular weight is 296 g/mol. The van der Waals surface area contributed by atoms with Gasteiger partial charge in [-0.3, -0.25) is 4.79 Å².